The summed E-state index contributed by atoms with van der Waals surface area (Å²) in [5.74, 6) is -0.506. The van der Waals surface area contributed by atoms with Gasteiger partial charge in [0.15, 0.2) is 0 Å². The van der Waals surface area contributed by atoms with E-state index in [-0.39, 0.29) is 36.3 Å². The van der Waals surface area contributed by atoms with Crippen molar-refractivity contribution in [3.05, 3.63) is 35.4 Å². The first-order valence-corrected chi connectivity index (χ1v) is 10.1. The normalized spacial score (nSPS) is 22.9. The molecule has 0 spiro atoms. The van der Waals surface area contributed by atoms with E-state index < -0.39 is 6.04 Å². The van der Waals surface area contributed by atoms with Crippen LogP contribution in [0.25, 0.3) is 0 Å². The van der Waals surface area contributed by atoms with E-state index >= 15 is 0 Å². The summed E-state index contributed by atoms with van der Waals surface area (Å²) >= 11 is 0. The maximum absolute atomic E-state index is 12.7. The molecule has 1 saturated heterocycles. The van der Waals surface area contributed by atoms with Gasteiger partial charge in [-0.1, -0.05) is 24.3 Å². The highest BCUT2D eigenvalue weighted by atomic mass is 16.2. The van der Waals surface area contributed by atoms with E-state index in [1.54, 1.807) is 18.9 Å². The molecule has 0 bridgehead atoms. The molecule has 7 nitrogen and oxygen atoms in total. The van der Waals surface area contributed by atoms with Gasteiger partial charge in [-0.25, -0.2) is 0 Å². The molecule has 3 rings (SSSR count). The highest BCUT2D eigenvalue weighted by Crippen LogP contribution is 2.21. The number of nitrogens with zero attached hydrogens (tertiary/aromatic N) is 1. The fourth-order valence-electron chi connectivity index (χ4n) is 3.93. The third-order valence-corrected chi connectivity index (χ3v) is 5.72. The number of likely N-dealkylation sites (N-methyl/N-ethyl adjacent to an activating group) is 1. The van der Waals surface area contributed by atoms with Gasteiger partial charge in [0.2, 0.25) is 17.7 Å². The van der Waals surface area contributed by atoms with Crippen LogP contribution in [0.2, 0.25) is 0 Å². The van der Waals surface area contributed by atoms with Gasteiger partial charge in [-0.2, -0.15) is 0 Å². The molecule has 0 saturated carbocycles. The van der Waals surface area contributed by atoms with E-state index in [4.69, 9.17) is 0 Å². The van der Waals surface area contributed by atoms with Gasteiger partial charge in [0, 0.05) is 12.6 Å². The van der Waals surface area contributed by atoms with Crippen molar-refractivity contribution in [3.63, 3.8) is 0 Å². The van der Waals surface area contributed by atoms with Crippen molar-refractivity contribution >= 4 is 17.7 Å². The Morgan fingerprint density at radius 2 is 1.93 bits per heavy atom. The fourth-order valence-corrected chi connectivity index (χ4v) is 3.93. The molecular weight excluding hydrogens is 356 g/mol. The lowest BCUT2D eigenvalue weighted by Gasteiger charge is -2.33. The Kier molecular flexibility index (Phi) is 6.67. The first kappa shape index (κ1) is 20.3. The Labute approximate surface area is 166 Å². The number of carbonyl (C=O) groups excluding carboxylic acids is 3. The molecule has 2 aliphatic rings. The number of aryl methyl sites for hydroxylation is 1. The van der Waals surface area contributed by atoms with Crippen molar-refractivity contribution in [1.29, 1.82) is 0 Å². The summed E-state index contributed by atoms with van der Waals surface area (Å²) in [6.45, 7) is 2.34. The zero-order chi connectivity index (χ0) is 20.1. The van der Waals surface area contributed by atoms with Gasteiger partial charge in [0.1, 0.15) is 6.04 Å². The third kappa shape index (κ3) is 4.90. The number of amides is 3. The fraction of sp³-hybridized carbons (Fsp3) is 0.571. The van der Waals surface area contributed by atoms with Crippen molar-refractivity contribution in [2.75, 3.05) is 20.1 Å². The summed E-state index contributed by atoms with van der Waals surface area (Å²) in [4.78, 5) is 38.8. The van der Waals surface area contributed by atoms with Crippen LogP contribution in [0, 0.1) is 0 Å². The molecule has 3 amide bonds. The van der Waals surface area contributed by atoms with Crippen LogP contribution in [0.5, 0.6) is 0 Å². The quantitative estimate of drug-likeness (QED) is 0.659. The molecule has 0 aromatic heterocycles. The maximum atomic E-state index is 12.7. The van der Waals surface area contributed by atoms with Crippen LogP contribution in [0.3, 0.4) is 0 Å². The van der Waals surface area contributed by atoms with Crippen LogP contribution in [-0.4, -0.2) is 60.9 Å². The Bertz CT molecular complexity index is 736. The predicted octanol–water partition coefficient (Wildman–Crippen LogP) is 0.375. The van der Waals surface area contributed by atoms with Crippen LogP contribution in [0.1, 0.15) is 37.3 Å². The molecule has 0 radical (unpaired) electrons. The topological polar surface area (TPSA) is 90.5 Å². The second-order valence-electron chi connectivity index (χ2n) is 7.75. The van der Waals surface area contributed by atoms with E-state index in [9.17, 15) is 14.4 Å². The number of nitrogens with one attached hydrogen (secondary N) is 3. The Morgan fingerprint density at radius 1 is 1.18 bits per heavy atom. The molecule has 7 heteroatoms. The Balaban J connectivity index is 1.51. The van der Waals surface area contributed by atoms with Crippen molar-refractivity contribution in [3.8, 4) is 0 Å². The van der Waals surface area contributed by atoms with E-state index in [1.807, 2.05) is 12.1 Å². The van der Waals surface area contributed by atoms with Gasteiger partial charge in [-0.15, -0.1) is 0 Å². The first-order valence-electron chi connectivity index (χ1n) is 10.1. The first-order chi connectivity index (χ1) is 13.5. The summed E-state index contributed by atoms with van der Waals surface area (Å²) in [5, 5.41) is 8.74. The third-order valence-electron chi connectivity index (χ3n) is 5.72. The van der Waals surface area contributed by atoms with Gasteiger partial charge in [-0.05, 0) is 57.2 Å². The minimum atomic E-state index is -0.550. The van der Waals surface area contributed by atoms with Crippen molar-refractivity contribution in [1.82, 2.24) is 20.9 Å². The molecular formula is C21H30N4O3. The Hall–Kier alpha value is -2.41. The second kappa shape index (κ2) is 9.19. The summed E-state index contributed by atoms with van der Waals surface area (Å²) in [5.41, 5.74) is 2.64. The molecule has 1 aliphatic heterocycles. The monoisotopic (exact) mass is 386 g/mol. The summed E-state index contributed by atoms with van der Waals surface area (Å²) in [6.07, 6.45) is 4.09. The maximum Gasteiger partial charge on any atom is 0.245 e. The average molecular weight is 386 g/mol. The highest BCUT2D eigenvalue weighted by Gasteiger charge is 2.32. The zero-order valence-corrected chi connectivity index (χ0v) is 16.7. The average Bonchev–Trinajstić information content (AvgIpc) is 2.70. The summed E-state index contributed by atoms with van der Waals surface area (Å²) < 4.78 is 0. The summed E-state index contributed by atoms with van der Waals surface area (Å²) in [6, 6.07) is 7.52. The number of benzene rings is 1. The lowest BCUT2D eigenvalue weighted by Crippen LogP contribution is -2.57. The molecule has 1 aromatic rings. The molecule has 1 heterocycles. The predicted molar refractivity (Wildman–Crippen MR) is 107 cm³/mol. The van der Waals surface area contributed by atoms with Gasteiger partial charge in [-0.3, -0.25) is 14.4 Å². The number of likely N-dealkylation sites (tertiary alicyclic amines) is 1. The number of hydrogen-bond donors (Lipinski definition) is 3. The summed E-state index contributed by atoms with van der Waals surface area (Å²) in [7, 11) is 1.70. The molecule has 2 unspecified atom stereocenters. The molecule has 1 aromatic carbocycles. The largest absolute Gasteiger partial charge is 0.351 e. The SMILES string of the molecule is CN[C@@H](C)C(=O)NC1CCCN(CC(=O)NC2CCc3ccccc3C2)C1=O. The molecule has 152 valence electrons. The number of carbonyl (C=O) groups is 3. The molecule has 3 atom stereocenters. The number of fused-ring (bicyclic) bond motifs is 1. The lowest BCUT2D eigenvalue weighted by molar-refractivity contribution is -0.142. The highest BCUT2D eigenvalue weighted by molar-refractivity contribution is 5.92. The molecule has 3 N–H and O–H groups in total. The lowest BCUT2D eigenvalue weighted by atomic mass is 9.88. The van der Waals surface area contributed by atoms with Gasteiger partial charge in [0.25, 0.3) is 0 Å². The molecule has 1 fully saturated rings. The van der Waals surface area contributed by atoms with Crippen LogP contribution < -0.4 is 16.0 Å². The number of piperidine rings is 1. The number of rotatable bonds is 6. The van der Waals surface area contributed by atoms with Crippen LogP contribution in [0.4, 0.5) is 0 Å². The van der Waals surface area contributed by atoms with Crippen LogP contribution in [0.15, 0.2) is 24.3 Å². The number of hydrogen-bond acceptors (Lipinski definition) is 4. The minimum absolute atomic E-state index is 0.0466. The van der Waals surface area contributed by atoms with Crippen molar-refractivity contribution in [2.24, 2.45) is 0 Å². The van der Waals surface area contributed by atoms with E-state index in [2.05, 4.69) is 28.1 Å². The standard InChI is InChI=1S/C21H30N4O3/c1-14(22-2)20(27)24-18-8-5-11-25(21(18)28)13-19(26)23-17-10-9-15-6-3-4-7-16(15)12-17/h3-4,6-7,14,17-18,22H,5,8-13H2,1-2H3,(H,23,26)(H,24,27)/t14-,17?,18?/m0/s1. The Morgan fingerprint density at radius 3 is 2.68 bits per heavy atom. The van der Waals surface area contributed by atoms with E-state index in [0.29, 0.717) is 13.0 Å². The second-order valence-corrected chi connectivity index (χ2v) is 7.75. The molecule has 1 aliphatic carbocycles. The van der Waals surface area contributed by atoms with Crippen LogP contribution >= 0.6 is 0 Å². The molecule has 28 heavy (non-hydrogen) atoms. The van der Waals surface area contributed by atoms with Crippen molar-refractivity contribution < 1.29 is 14.4 Å². The minimum Gasteiger partial charge on any atom is -0.351 e. The van der Waals surface area contributed by atoms with E-state index in [0.717, 1.165) is 25.7 Å². The smallest absolute Gasteiger partial charge is 0.245 e. The van der Waals surface area contributed by atoms with E-state index in [1.165, 1.54) is 11.1 Å². The van der Waals surface area contributed by atoms with Crippen LogP contribution in [-0.2, 0) is 27.2 Å². The van der Waals surface area contributed by atoms with Gasteiger partial charge >= 0.3 is 0 Å². The van der Waals surface area contributed by atoms with Gasteiger partial charge < -0.3 is 20.9 Å². The van der Waals surface area contributed by atoms with Crippen molar-refractivity contribution in [2.45, 2.75) is 57.2 Å². The van der Waals surface area contributed by atoms with Gasteiger partial charge in [0.05, 0.1) is 12.6 Å². The zero-order valence-electron chi connectivity index (χ0n) is 16.7.